The standard InChI is InChI=1S/C24H18BrCl2FN2O3/c1-32-22-12-17(13-29-30-23(31)9-5-15-2-6-18(28)7-3-15)10-19(25)24(22)33-14-16-4-8-20(26)21(27)11-16/h2-13H,14H2,1H3,(H,30,31)/b9-5+,29-13-. The fourth-order valence-corrected chi connectivity index (χ4v) is 3.59. The van der Waals surface area contributed by atoms with Gasteiger partial charge in [-0.3, -0.25) is 4.79 Å². The van der Waals surface area contributed by atoms with Crippen LogP contribution in [0.2, 0.25) is 10.0 Å². The molecule has 9 heteroatoms. The lowest BCUT2D eigenvalue weighted by atomic mass is 10.2. The smallest absolute Gasteiger partial charge is 0.264 e. The maximum atomic E-state index is 12.9. The highest BCUT2D eigenvalue weighted by atomic mass is 79.9. The average molecular weight is 552 g/mol. The van der Waals surface area contributed by atoms with E-state index >= 15 is 0 Å². The Balaban J connectivity index is 1.63. The Bertz CT molecular complexity index is 1200. The molecule has 0 aliphatic heterocycles. The molecule has 5 nitrogen and oxygen atoms in total. The molecule has 0 unspecified atom stereocenters. The third-order valence-corrected chi connectivity index (χ3v) is 5.63. The van der Waals surface area contributed by atoms with E-state index in [2.05, 4.69) is 26.5 Å². The molecule has 0 atom stereocenters. The molecule has 0 bridgehead atoms. The van der Waals surface area contributed by atoms with Gasteiger partial charge in [-0.2, -0.15) is 5.10 Å². The first-order valence-electron chi connectivity index (χ1n) is 9.56. The van der Waals surface area contributed by atoms with Crippen LogP contribution in [-0.2, 0) is 11.4 Å². The van der Waals surface area contributed by atoms with E-state index in [1.165, 1.54) is 31.5 Å². The Labute approximate surface area is 208 Å². The molecule has 0 spiro atoms. The van der Waals surface area contributed by atoms with Crippen LogP contribution in [0.1, 0.15) is 16.7 Å². The number of carbonyl (C=O) groups excluding carboxylic acids is 1. The fourth-order valence-electron chi connectivity index (χ4n) is 2.69. The second-order valence-electron chi connectivity index (χ2n) is 6.69. The zero-order chi connectivity index (χ0) is 23.8. The summed E-state index contributed by atoms with van der Waals surface area (Å²) < 4.78 is 24.9. The molecule has 0 heterocycles. The summed E-state index contributed by atoms with van der Waals surface area (Å²) >= 11 is 15.5. The van der Waals surface area contributed by atoms with E-state index < -0.39 is 5.91 Å². The first-order chi connectivity index (χ1) is 15.9. The normalized spacial score (nSPS) is 11.2. The molecular formula is C24H18BrCl2FN2O3. The zero-order valence-corrected chi connectivity index (χ0v) is 20.4. The predicted octanol–water partition coefficient (Wildman–Crippen LogP) is 6.65. The molecule has 3 aromatic rings. The Morgan fingerprint density at radius 2 is 1.85 bits per heavy atom. The van der Waals surface area contributed by atoms with Crippen molar-refractivity contribution in [2.24, 2.45) is 5.10 Å². The summed E-state index contributed by atoms with van der Waals surface area (Å²) in [6, 6.07) is 14.5. The lowest BCUT2D eigenvalue weighted by Crippen LogP contribution is -2.14. The van der Waals surface area contributed by atoms with Gasteiger partial charge < -0.3 is 9.47 Å². The van der Waals surface area contributed by atoms with Crippen molar-refractivity contribution in [3.8, 4) is 11.5 Å². The monoisotopic (exact) mass is 550 g/mol. The minimum Gasteiger partial charge on any atom is -0.493 e. The summed E-state index contributed by atoms with van der Waals surface area (Å²) in [7, 11) is 1.52. The van der Waals surface area contributed by atoms with E-state index in [1.54, 1.807) is 42.5 Å². The van der Waals surface area contributed by atoms with Gasteiger partial charge in [0, 0.05) is 6.08 Å². The van der Waals surface area contributed by atoms with Crippen molar-refractivity contribution in [1.82, 2.24) is 5.43 Å². The fraction of sp³-hybridized carbons (Fsp3) is 0.0833. The minimum atomic E-state index is -0.428. The van der Waals surface area contributed by atoms with Crippen LogP contribution in [0.4, 0.5) is 4.39 Å². The number of amides is 1. The Morgan fingerprint density at radius 1 is 1.09 bits per heavy atom. The number of benzene rings is 3. The van der Waals surface area contributed by atoms with Gasteiger partial charge in [0.15, 0.2) is 11.5 Å². The predicted molar refractivity (Wildman–Crippen MR) is 133 cm³/mol. The molecule has 170 valence electrons. The number of nitrogens with zero attached hydrogens (tertiary/aromatic N) is 1. The first-order valence-corrected chi connectivity index (χ1v) is 11.1. The molecule has 0 fully saturated rings. The number of ether oxygens (including phenoxy) is 2. The maximum absolute atomic E-state index is 12.9. The summed E-state index contributed by atoms with van der Waals surface area (Å²) in [5, 5.41) is 4.87. The number of nitrogens with one attached hydrogen (secondary N) is 1. The first kappa shape index (κ1) is 24.8. The number of hydrogen-bond donors (Lipinski definition) is 1. The van der Waals surface area contributed by atoms with E-state index in [1.807, 2.05) is 6.07 Å². The lowest BCUT2D eigenvalue weighted by Gasteiger charge is -2.14. The topological polar surface area (TPSA) is 59.9 Å². The van der Waals surface area contributed by atoms with E-state index in [0.717, 1.165) is 5.56 Å². The van der Waals surface area contributed by atoms with E-state index in [0.29, 0.717) is 37.1 Å². The van der Waals surface area contributed by atoms with Crippen LogP contribution in [0, 0.1) is 5.82 Å². The maximum Gasteiger partial charge on any atom is 0.264 e. The Morgan fingerprint density at radius 3 is 2.55 bits per heavy atom. The van der Waals surface area contributed by atoms with Crippen molar-refractivity contribution in [1.29, 1.82) is 0 Å². The number of rotatable bonds is 8. The van der Waals surface area contributed by atoms with Crippen molar-refractivity contribution in [3.05, 3.63) is 97.7 Å². The largest absolute Gasteiger partial charge is 0.493 e. The molecular weight excluding hydrogens is 534 g/mol. The summed E-state index contributed by atoms with van der Waals surface area (Å²) in [4.78, 5) is 11.9. The van der Waals surface area contributed by atoms with Crippen molar-refractivity contribution >= 4 is 57.3 Å². The van der Waals surface area contributed by atoms with Crippen LogP contribution in [0.15, 0.2) is 70.2 Å². The summed E-state index contributed by atoms with van der Waals surface area (Å²) in [5.74, 6) is 0.220. The van der Waals surface area contributed by atoms with Gasteiger partial charge in [-0.15, -0.1) is 0 Å². The molecule has 0 aliphatic carbocycles. The van der Waals surface area contributed by atoms with Crippen molar-refractivity contribution in [2.45, 2.75) is 6.61 Å². The van der Waals surface area contributed by atoms with E-state index in [4.69, 9.17) is 32.7 Å². The molecule has 0 saturated carbocycles. The summed E-state index contributed by atoms with van der Waals surface area (Å²) in [5.41, 5.74) is 4.61. The third-order valence-electron chi connectivity index (χ3n) is 4.30. The van der Waals surface area contributed by atoms with Crippen LogP contribution >= 0.6 is 39.1 Å². The number of halogens is 4. The van der Waals surface area contributed by atoms with Gasteiger partial charge in [0.25, 0.3) is 5.91 Å². The second kappa shape index (κ2) is 11.8. The Kier molecular flexibility index (Phi) is 8.88. The molecule has 33 heavy (non-hydrogen) atoms. The van der Waals surface area contributed by atoms with Gasteiger partial charge in [-0.25, -0.2) is 9.82 Å². The van der Waals surface area contributed by atoms with Crippen molar-refractivity contribution in [3.63, 3.8) is 0 Å². The van der Waals surface area contributed by atoms with Crippen LogP contribution in [0.3, 0.4) is 0 Å². The van der Waals surface area contributed by atoms with Gasteiger partial charge in [0.2, 0.25) is 0 Å². The number of hydrazone groups is 1. The van der Waals surface area contributed by atoms with Crippen LogP contribution in [-0.4, -0.2) is 19.2 Å². The van der Waals surface area contributed by atoms with Gasteiger partial charge in [0.1, 0.15) is 12.4 Å². The van der Waals surface area contributed by atoms with Crippen LogP contribution in [0.25, 0.3) is 6.08 Å². The quantitative estimate of drug-likeness (QED) is 0.194. The Hall–Kier alpha value is -2.87. The molecule has 1 amide bonds. The molecule has 3 aromatic carbocycles. The molecule has 0 radical (unpaired) electrons. The van der Waals surface area contributed by atoms with E-state index in [-0.39, 0.29) is 12.4 Å². The van der Waals surface area contributed by atoms with Crippen molar-refractivity contribution < 1.29 is 18.7 Å². The van der Waals surface area contributed by atoms with Gasteiger partial charge in [0.05, 0.1) is 27.8 Å². The SMILES string of the molecule is COc1cc(/C=N\NC(=O)/C=C/c2ccc(F)cc2)cc(Br)c1OCc1ccc(Cl)c(Cl)c1. The molecule has 3 rings (SSSR count). The highest BCUT2D eigenvalue weighted by molar-refractivity contribution is 9.10. The van der Waals surface area contributed by atoms with Crippen LogP contribution in [0.5, 0.6) is 11.5 Å². The van der Waals surface area contributed by atoms with Crippen LogP contribution < -0.4 is 14.9 Å². The van der Waals surface area contributed by atoms with E-state index in [9.17, 15) is 9.18 Å². The third kappa shape index (κ3) is 7.32. The summed E-state index contributed by atoms with van der Waals surface area (Å²) in [6.45, 7) is 0.260. The van der Waals surface area contributed by atoms with Crippen molar-refractivity contribution in [2.75, 3.05) is 7.11 Å². The number of methoxy groups -OCH3 is 1. The van der Waals surface area contributed by atoms with Gasteiger partial charge in [-0.05, 0) is 75.1 Å². The molecule has 0 aromatic heterocycles. The summed E-state index contributed by atoms with van der Waals surface area (Å²) in [6.07, 6.45) is 4.34. The van der Waals surface area contributed by atoms with Gasteiger partial charge in [-0.1, -0.05) is 41.4 Å². The number of hydrogen-bond acceptors (Lipinski definition) is 4. The molecule has 1 N–H and O–H groups in total. The highest BCUT2D eigenvalue weighted by Gasteiger charge is 2.12. The second-order valence-corrected chi connectivity index (χ2v) is 8.36. The lowest BCUT2D eigenvalue weighted by molar-refractivity contribution is -0.116. The average Bonchev–Trinajstić information content (AvgIpc) is 2.80. The molecule has 0 saturated heterocycles. The minimum absolute atomic E-state index is 0.260. The zero-order valence-electron chi connectivity index (χ0n) is 17.3. The number of carbonyl (C=O) groups is 1. The molecule has 0 aliphatic rings. The van der Waals surface area contributed by atoms with Gasteiger partial charge >= 0.3 is 0 Å². The highest BCUT2D eigenvalue weighted by Crippen LogP contribution is 2.37.